The van der Waals surface area contributed by atoms with Gasteiger partial charge in [0, 0.05) is 18.7 Å². The first-order chi connectivity index (χ1) is 14.0. The molecule has 2 amide bonds. The Kier molecular flexibility index (Phi) is 6.49. The summed E-state index contributed by atoms with van der Waals surface area (Å²) in [6.07, 6.45) is 1.17. The number of nitrogens with one attached hydrogen (secondary N) is 1. The Balaban J connectivity index is 1.82. The van der Waals surface area contributed by atoms with Gasteiger partial charge in [-0.3, -0.25) is 14.4 Å². The molecule has 1 fully saturated rings. The van der Waals surface area contributed by atoms with Gasteiger partial charge in [0.2, 0.25) is 5.91 Å². The molecule has 1 saturated heterocycles. The summed E-state index contributed by atoms with van der Waals surface area (Å²) in [4.78, 5) is 38.9. The Morgan fingerprint density at radius 2 is 1.79 bits per heavy atom. The van der Waals surface area contributed by atoms with Crippen molar-refractivity contribution in [3.05, 3.63) is 65.7 Å². The van der Waals surface area contributed by atoms with Crippen LogP contribution in [0.25, 0.3) is 0 Å². The molecular weight excluding hydrogens is 372 g/mol. The molecule has 2 aromatic rings. The van der Waals surface area contributed by atoms with Gasteiger partial charge in [-0.2, -0.15) is 0 Å². The summed E-state index contributed by atoms with van der Waals surface area (Å²) in [6.45, 7) is 0.625. The maximum absolute atomic E-state index is 13.2. The fourth-order valence-electron chi connectivity index (χ4n) is 3.45. The van der Waals surface area contributed by atoms with Crippen molar-refractivity contribution in [2.75, 3.05) is 20.2 Å². The van der Waals surface area contributed by atoms with E-state index in [4.69, 9.17) is 4.74 Å². The number of ether oxygens (including phenoxy) is 1. The number of amides is 2. The van der Waals surface area contributed by atoms with Crippen LogP contribution in [-0.4, -0.2) is 48.0 Å². The lowest BCUT2D eigenvalue weighted by atomic mass is 9.96. The van der Waals surface area contributed by atoms with Crippen LogP contribution in [0.5, 0.6) is 5.75 Å². The zero-order valence-corrected chi connectivity index (χ0v) is 16.2. The molecule has 0 spiro atoms. The van der Waals surface area contributed by atoms with E-state index in [1.807, 2.05) is 6.07 Å². The standard InChI is InChI=1S/C22H24N2O5/c1-29-18-11-9-16(10-12-18)20(25)23-19(15-6-3-2-4-7-15)21(26)24-13-5-8-17(14-24)22(27)28/h2-4,6-7,9-12,17,19H,5,8,13-14H2,1H3,(H,23,25)(H,27,28)/t17-,19?/m0/s1. The van der Waals surface area contributed by atoms with E-state index in [2.05, 4.69) is 5.32 Å². The fraction of sp³-hybridized carbons (Fsp3) is 0.318. The van der Waals surface area contributed by atoms with Gasteiger partial charge in [0.25, 0.3) is 5.91 Å². The van der Waals surface area contributed by atoms with E-state index in [1.54, 1.807) is 55.6 Å². The lowest BCUT2D eigenvalue weighted by molar-refractivity contribution is -0.146. The van der Waals surface area contributed by atoms with Crippen LogP contribution >= 0.6 is 0 Å². The van der Waals surface area contributed by atoms with E-state index in [0.717, 1.165) is 0 Å². The average Bonchev–Trinajstić information content (AvgIpc) is 2.77. The average molecular weight is 396 g/mol. The number of aliphatic carboxylic acids is 1. The van der Waals surface area contributed by atoms with Crippen LogP contribution in [0.4, 0.5) is 0 Å². The molecule has 3 rings (SSSR count). The molecule has 2 atom stereocenters. The molecule has 0 bridgehead atoms. The maximum atomic E-state index is 13.2. The Morgan fingerprint density at radius 1 is 1.10 bits per heavy atom. The second-order valence-corrected chi connectivity index (χ2v) is 7.01. The van der Waals surface area contributed by atoms with Crippen molar-refractivity contribution in [3.63, 3.8) is 0 Å². The van der Waals surface area contributed by atoms with E-state index in [-0.39, 0.29) is 18.4 Å². The van der Waals surface area contributed by atoms with E-state index in [9.17, 15) is 19.5 Å². The van der Waals surface area contributed by atoms with Gasteiger partial charge in [-0.1, -0.05) is 30.3 Å². The molecule has 2 aromatic carbocycles. The SMILES string of the molecule is COc1ccc(C(=O)NC(C(=O)N2CCC[C@H](C(=O)O)C2)c2ccccc2)cc1. The Hall–Kier alpha value is -3.35. The smallest absolute Gasteiger partial charge is 0.308 e. The molecule has 152 valence electrons. The minimum Gasteiger partial charge on any atom is -0.497 e. The third-order valence-corrected chi connectivity index (χ3v) is 5.09. The number of hydrogen-bond acceptors (Lipinski definition) is 4. The fourth-order valence-corrected chi connectivity index (χ4v) is 3.45. The number of piperidine rings is 1. The topological polar surface area (TPSA) is 95.9 Å². The number of carboxylic acids is 1. The Bertz CT molecular complexity index is 867. The minimum absolute atomic E-state index is 0.149. The predicted octanol–water partition coefficient (Wildman–Crippen LogP) is 2.49. The molecule has 0 aliphatic carbocycles. The highest BCUT2D eigenvalue weighted by Gasteiger charge is 2.33. The van der Waals surface area contributed by atoms with Gasteiger partial charge in [0.1, 0.15) is 11.8 Å². The van der Waals surface area contributed by atoms with Crippen molar-refractivity contribution in [3.8, 4) is 5.75 Å². The van der Waals surface area contributed by atoms with Gasteiger partial charge in [-0.25, -0.2) is 0 Å². The first-order valence-corrected chi connectivity index (χ1v) is 9.51. The van der Waals surface area contributed by atoms with E-state index < -0.39 is 17.9 Å². The van der Waals surface area contributed by atoms with Gasteiger partial charge >= 0.3 is 5.97 Å². The van der Waals surface area contributed by atoms with Crippen molar-refractivity contribution >= 4 is 17.8 Å². The van der Waals surface area contributed by atoms with Crippen LogP contribution in [0, 0.1) is 5.92 Å². The van der Waals surface area contributed by atoms with Gasteiger partial charge in [0.05, 0.1) is 13.0 Å². The molecule has 1 unspecified atom stereocenters. The highest BCUT2D eigenvalue weighted by Crippen LogP contribution is 2.23. The second-order valence-electron chi connectivity index (χ2n) is 7.01. The Morgan fingerprint density at radius 3 is 2.41 bits per heavy atom. The molecule has 0 saturated carbocycles. The molecular formula is C22H24N2O5. The highest BCUT2D eigenvalue weighted by molar-refractivity contribution is 5.98. The number of carbonyl (C=O) groups is 3. The molecule has 0 aromatic heterocycles. The number of carbonyl (C=O) groups excluding carboxylic acids is 2. The summed E-state index contributed by atoms with van der Waals surface area (Å²) in [7, 11) is 1.54. The van der Waals surface area contributed by atoms with Crippen molar-refractivity contribution in [1.82, 2.24) is 10.2 Å². The molecule has 2 N–H and O–H groups in total. The van der Waals surface area contributed by atoms with Crippen LogP contribution in [0.3, 0.4) is 0 Å². The summed E-state index contributed by atoms with van der Waals surface area (Å²) < 4.78 is 5.11. The number of hydrogen-bond donors (Lipinski definition) is 2. The highest BCUT2D eigenvalue weighted by atomic mass is 16.5. The number of nitrogens with zero attached hydrogens (tertiary/aromatic N) is 1. The van der Waals surface area contributed by atoms with Gasteiger partial charge in [0.15, 0.2) is 0 Å². The maximum Gasteiger partial charge on any atom is 0.308 e. The third kappa shape index (κ3) is 4.93. The van der Waals surface area contributed by atoms with Crippen molar-refractivity contribution in [1.29, 1.82) is 0 Å². The molecule has 1 heterocycles. The van der Waals surface area contributed by atoms with Crippen LogP contribution in [0.2, 0.25) is 0 Å². The molecule has 1 aliphatic heterocycles. The molecule has 1 aliphatic rings. The first-order valence-electron chi connectivity index (χ1n) is 9.51. The summed E-state index contributed by atoms with van der Waals surface area (Å²) >= 11 is 0. The molecule has 29 heavy (non-hydrogen) atoms. The quantitative estimate of drug-likeness (QED) is 0.782. The predicted molar refractivity (Wildman–Crippen MR) is 107 cm³/mol. The van der Waals surface area contributed by atoms with Crippen LogP contribution < -0.4 is 10.1 Å². The number of carboxylic acid groups (broad SMARTS) is 1. The number of likely N-dealkylation sites (tertiary alicyclic amines) is 1. The number of benzene rings is 2. The summed E-state index contributed by atoms with van der Waals surface area (Å²) in [5.74, 6) is -1.54. The van der Waals surface area contributed by atoms with Gasteiger partial charge in [-0.05, 0) is 42.7 Å². The minimum atomic E-state index is -0.902. The normalized spacial score (nSPS) is 17.3. The molecule has 7 heteroatoms. The van der Waals surface area contributed by atoms with E-state index in [1.165, 1.54) is 4.90 Å². The first kappa shape index (κ1) is 20.4. The third-order valence-electron chi connectivity index (χ3n) is 5.09. The molecule has 7 nitrogen and oxygen atoms in total. The van der Waals surface area contributed by atoms with Crippen molar-refractivity contribution < 1.29 is 24.2 Å². The van der Waals surface area contributed by atoms with Crippen LogP contribution in [0.1, 0.15) is 34.8 Å². The lowest BCUT2D eigenvalue weighted by Crippen LogP contribution is -2.48. The zero-order chi connectivity index (χ0) is 20.8. The van der Waals surface area contributed by atoms with Crippen LogP contribution in [-0.2, 0) is 9.59 Å². The van der Waals surface area contributed by atoms with Crippen molar-refractivity contribution in [2.45, 2.75) is 18.9 Å². The summed E-state index contributed by atoms with van der Waals surface area (Å²) in [5, 5.41) is 12.1. The second kappa shape index (κ2) is 9.23. The zero-order valence-electron chi connectivity index (χ0n) is 16.2. The Labute approximate surface area is 169 Å². The van der Waals surface area contributed by atoms with Gasteiger partial charge in [-0.15, -0.1) is 0 Å². The number of rotatable bonds is 6. The lowest BCUT2D eigenvalue weighted by Gasteiger charge is -2.33. The van der Waals surface area contributed by atoms with Gasteiger partial charge < -0.3 is 20.1 Å². The molecule has 0 radical (unpaired) electrons. The van der Waals surface area contributed by atoms with Crippen LogP contribution in [0.15, 0.2) is 54.6 Å². The van der Waals surface area contributed by atoms with E-state index in [0.29, 0.717) is 36.3 Å². The largest absolute Gasteiger partial charge is 0.497 e. The summed E-state index contributed by atoms with van der Waals surface area (Å²) in [5.41, 5.74) is 1.05. The number of methoxy groups -OCH3 is 1. The van der Waals surface area contributed by atoms with Crippen molar-refractivity contribution in [2.24, 2.45) is 5.92 Å². The van der Waals surface area contributed by atoms with E-state index >= 15 is 0 Å². The summed E-state index contributed by atoms with van der Waals surface area (Å²) in [6, 6.07) is 14.7. The monoisotopic (exact) mass is 396 g/mol.